The Bertz CT molecular complexity index is 413. The number of ether oxygens (including phenoxy) is 1. The maximum absolute atomic E-state index is 8.80. The Morgan fingerprint density at radius 3 is 2.47 bits per heavy atom. The van der Waals surface area contributed by atoms with Crippen molar-refractivity contribution in [1.82, 2.24) is 5.32 Å². The van der Waals surface area contributed by atoms with Crippen LogP contribution in [0.5, 0.6) is 5.75 Å². The standard InChI is InChI=1S/C16H27NO2/c1-12-13(2)15(19-5)8-7-14(12)16(3,4)11-17-9-6-10-18/h7-8,17-18H,6,9-11H2,1-5H3. The van der Waals surface area contributed by atoms with Crippen LogP contribution in [0.25, 0.3) is 0 Å². The van der Waals surface area contributed by atoms with E-state index in [-0.39, 0.29) is 12.0 Å². The molecule has 0 saturated carbocycles. The summed E-state index contributed by atoms with van der Waals surface area (Å²) in [4.78, 5) is 0. The monoisotopic (exact) mass is 265 g/mol. The number of rotatable bonds is 7. The largest absolute Gasteiger partial charge is 0.496 e. The molecule has 1 aromatic carbocycles. The van der Waals surface area contributed by atoms with Crippen LogP contribution in [0.1, 0.15) is 37.0 Å². The molecule has 3 heteroatoms. The van der Waals surface area contributed by atoms with Crippen LogP contribution in [-0.2, 0) is 5.41 Å². The van der Waals surface area contributed by atoms with Crippen LogP contribution in [0.3, 0.4) is 0 Å². The van der Waals surface area contributed by atoms with Gasteiger partial charge in [-0.05, 0) is 49.6 Å². The number of methoxy groups -OCH3 is 1. The molecule has 0 fully saturated rings. The van der Waals surface area contributed by atoms with Crippen LogP contribution in [0, 0.1) is 13.8 Å². The first-order valence-electron chi connectivity index (χ1n) is 6.90. The van der Waals surface area contributed by atoms with Crippen molar-refractivity contribution in [3.63, 3.8) is 0 Å². The highest BCUT2D eigenvalue weighted by Gasteiger charge is 2.23. The maximum atomic E-state index is 8.80. The van der Waals surface area contributed by atoms with E-state index in [9.17, 15) is 0 Å². The van der Waals surface area contributed by atoms with E-state index >= 15 is 0 Å². The van der Waals surface area contributed by atoms with E-state index in [2.05, 4.69) is 39.1 Å². The van der Waals surface area contributed by atoms with Gasteiger partial charge >= 0.3 is 0 Å². The summed E-state index contributed by atoms with van der Waals surface area (Å²) in [5.74, 6) is 0.949. The molecule has 1 aromatic rings. The Morgan fingerprint density at radius 1 is 1.21 bits per heavy atom. The highest BCUT2D eigenvalue weighted by atomic mass is 16.5. The van der Waals surface area contributed by atoms with Crippen LogP contribution >= 0.6 is 0 Å². The second-order valence-corrected chi connectivity index (χ2v) is 5.70. The van der Waals surface area contributed by atoms with E-state index in [4.69, 9.17) is 9.84 Å². The van der Waals surface area contributed by atoms with Gasteiger partial charge in [0.1, 0.15) is 5.75 Å². The zero-order valence-electron chi connectivity index (χ0n) is 12.8. The molecule has 0 aromatic heterocycles. The average molecular weight is 265 g/mol. The highest BCUT2D eigenvalue weighted by Crippen LogP contribution is 2.31. The minimum absolute atomic E-state index is 0.0660. The third-order valence-corrected chi connectivity index (χ3v) is 3.77. The molecule has 0 unspecified atom stereocenters. The van der Waals surface area contributed by atoms with E-state index in [1.54, 1.807) is 7.11 Å². The molecular weight excluding hydrogens is 238 g/mol. The summed E-state index contributed by atoms with van der Waals surface area (Å²) < 4.78 is 5.36. The third kappa shape index (κ3) is 3.95. The molecule has 108 valence electrons. The number of hydrogen-bond donors (Lipinski definition) is 2. The summed E-state index contributed by atoms with van der Waals surface area (Å²) >= 11 is 0. The Labute approximate surface area is 117 Å². The molecule has 1 rings (SSSR count). The molecule has 0 saturated heterocycles. The van der Waals surface area contributed by atoms with Gasteiger partial charge in [0.05, 0.1) is 7.11 Å². The first kappa shape index (κ1) is 16.0. The van der Waals surface area contributed by atoms with E-state index in [0.717, 1.165) is 25.3 Å². The summed E-state index contributed by atoms with van der Waals surface area (Å²) in [5, 5.41) is 12.2. The predicted octanol–water partition coefficient (Wildman–Crippen LogP) is 2.56. The second-order valence-electron chi connectivity index (χ2n) is 5.70. The second kappa shape index (κ2) is 6.92. The van der Waals surface area contributed by atoms with Gasteiger partial charge in [-0.15, -0.1) is 0 Å². The van der Waals surface area contributed by atoms with Gasteiger partial charge in [-0.3, -0.25) is 0 Å². The SMILES string of the molecule is COc1ccc(C(C)(C)CNCCCO)c(C)c1C. The molecule has 2 N–H and O–H groups in total. The Balaban J connectivity index is 2.86. The Kier molecular flexibility index (Phi) is 5.83. The van der Waals surface area contributed by atoms with Gasteiger partial charge in [-0.2, -0.15) is 0 Å². The topological polar surface area (TPSA) is 41.5 Å². The zero-order valence-corrected chi connectivity index (χ0v) is 12.8. The van der Waals surface area contributed by atoms with Gasteiger partial charge in [0.25, 0.3) is 0 Å². The number of aliphatic hydroxyl groups is 1. The lowest BCUT2D eigenvalue weighted by Crippen LogP contribution is -2.34. The summed E-state index contributed by atoms with van der Waals surface area (Å²) in [7, 11) is 1.71. The highest BCUT2D eigenvalue weighted by molar-refractivity contribution is 5.46. The van der Waals surface area contributed by atoms with E-state index in [1.807, 2.05) is 6.07 Å². The van der Waals surface area contributed by atoms with Gasteiger partial charge in [-0.1, -0.05) is 19.9 Å². The molecule has 0 aliphatic rings. The molecule has 19 heavy (non-hydrogen) atoms. The number of hydrogen-bond acceptors (Lipinski definition) is 3. The summed E-state index contributed by atoms with van der Waals surface area (Å²) in [6.45, 7) is 10.7. The van der Waals surface area contributed by atoms with Gasteiger partial charge in [0, 0.05) is 18.6 Å². The molecule has 0 spiro atoms. The first-order chi connectivity index (χ1) is 8.94. The van der Waals surface area contributed by atoms with Gasteiger partial charge in [0.15, 0.2) is 0 Å². The van der Waals surface area contributed by atoms with Gasteiger partial charge in [-0.25, -0.2) is 0 Å². The van der Waals surface area contributed by atoms with Crippen LogP contribution in [-0.4, -0.2) is 31.9 Å². The van der Waals surface area contributed by atoms with Crippen molar-refractivity contribution in [1.29, 1.82) is 0 Å². The lowest BCUT2D eigenvalue weighted by molar-refractivity contribution is 0.284. The van der Waals surface area contributed by atoms with Crippen LogP contribution in [0.2, 0.25) is 0 Å². The van der Waals surface area contributed by atoms with Crippen molar-refractivity contribution in [3.8, 4) is 5.75 Å². The fourth-order valence-corrected chi connectivity index (χ4v) is 2.45. The molecule has 0 amide bonds. The molecule has 0 aliphatic carbocycles. The lowest BCUT2D eigenvalue weighted by Gasteiger charge is -2.29. The number of aliphatic hydroxyl groups excluding tert-OH is 1. The minimum Gasteiger partial charge on any atom is -0.496 e. The van der Waals surface area contributed by atoms with E-state index < -0.39 is 0 Å². The average Bonchev–Trinajstić information content (AvgIpc) is 2.37. The molecule has 0 atom stereocenters. The third-order valence-electron chi connectivity index (χ3n) is 3.77. The van der Waals surface area contributed by atoms with Crippen LogP contribution in [0.15, 0.2) is 12.1 Å². The van der Waals surface area contributed by atoms with Crippen molar-refractivity contribution < 1.29 is 9.84 Å². The van der Waals surface area contributed by atoms with Crippen molar-refractivity contribution >= 4 is 0 Å². The Hall–Kier alpha value is -1.06. The molecule has 0 bridgehead atoms. The van der Waals surface area contributed by atoms with Gasteiger partial charge in [0.2, 0.25) is 0 Å². The zero-order chi connectivity index (χ0) is 14.5. The fourth-order valence-electron chi connectivity index (χ4n) is 2.45. The molecule has 0 aliphatic heterocycles. The van der Waals surface area contributed by atoms with Crippen molar-refractivity contribution in [2.24, 2.45) is 0 Å². The van der Waals surface area contributed by atoms with Crippen molar-refractivity contribution in [3.05, 3.63) is 28.8 Å². The van der Waals surface area contributed by atoms with Gasteiger partial charge < -0.3 is 15.2 Å². The summed E-state index contributed by atoms with van der Waals surface area (Å²) in [6.07, 6.45) is 0.802. The summed E-state index contributed by atoms with van der Waals surface area (Å²) in [5.41, 5.74) is 3.93. The summed E-state index contributed by atoms with van der Waals surface area (Å²) in [6, 6.07) is 4.21. The molecular formula is C16H27NO2. The normalized spacial score (nSPS) is 11.7. The fraction of sp³-hybridized carbons (Fsp3) is 0.625. The van der Waals surface area contributed by atoms with Crippen molar-refractivity contribution in [2.75, 3.05) is 26.8 Å². The maximum Gasteiger partial charge on any atom is 0.122 e. The molecule has 0 radical (unpaired) electrons. The number of nitrogens with one attached hydrogen (secondary N) is 1. The lowest BCUT2D eigenvalue weighted by atomic mass is 9.80. The Morgan fingerprint density at radius 2 is 1.89 bits per heavy atom. The minimum atomic E-state index is 0.0660. The smallest absolute Gasteiger partial charge is 0.122 e. The predicted molar refractivity (Wildman–Crippen MR) is 80.1 cm³/mol. The van der Waals surface area contributed by atoms with Crippen molar-refractivity contribution in [2.45, 2.75) is 39.5 Å². The first-order valence-corrected chi connectivity index (χ1v) is 6.90. The number of benzene rings is 1. The van der Waals surface area contributed by atoms with E-state index in [1.165, 1.54) is 16.7 Å². The van der Waals surface area contributed by atoms with E-state index in [0.29, 0.717) is 0 Å². The molecule has 0 heterocycles. The van der Waals surface area contributed by atoms with Crippen LogP contribution < -0.4 is 10.1 Å². The quantitative estimate of drug-likeness (QED) is 0.745. The van der Waals surface area contributed by atoms with Crippen LogP contribution in [0.4, 0.5) is 0 Å². The molecule has 3 nitrogen and oxygen atoms in total.